The molecule has 3 aromatic rings. The first-order chi connectivity index (χ1) is 9.24. The minimum absolute atomic E-state index is 0.612. The third-order valence-corrected chi connectivity index (χ3v) is 3.11. The molecular formula is C16H14N2O. The fraction of sp³-hybridized carbons (Fsp3) is 0.125. The summed E-state index contributed by atoms with van der Waals surface area (Å²) >= 11 is 0. The van der Waals surface area contributed by atoms with Gasteiger partial charge in [-0.05, 0) is 25.5 Å². The van der Waals surface area contributed by atoms with E-state index in [0.29, 0.717) is 5.89 Å². The Kier molecular flexibility index (Phi) is 2.88. The second kappa shape index (κ2) is 4.69. The molecule has 0 saturated heterocycles. The summed E-state index contributed by atoms with van der Waals surface area (Å²) in [7, 11) is 0. The average Bonchev–Trinajstić information content (AvgIpc) is 2.89. The quantitative estimate of drug-likeness (QED) is 0.689. The predicted molar refractivity (Wildman–Crippen MR) is 74.6 cm³/mol. The van der Waals surface area contributed by atoms with Crippen LogP contribution in [-0.2, 0) is 0 Å². The zero-order valence-corrected chi connectivity index (χ0v) is 10.9. The maximum Gasteiger partial charge on any atom is 0.228 e. The van der Waals surface area contributed by atoms with E-state index in [9.17, 15) is 0 Å². The molecular weight excluding hydrogens is 236 g/mol. The lowest BCUT2D eigenvalue weighted by atomic mass is 10.1. The summed E-state index contributed by atoms with van der Waals surface area (Å²) < 4.78 is 5.83. The van der Waals surface area contributed by atoms with Gasteiger partial charge in [0.2, 0.25) is 5.89 Å². The van der Waals surface area contributed by atoms with Crippen molar-refractivity contribution in [3.63, 3.8) is 0 Å². The Morgan fingerprint density at radius 1 is 0.947 bits per heavy atom. The Bertz CT molecular complexity index is 699. The first-order valence-corrected chi connectivity index (χ1v) is 6.18. The van der Waals surface area contributed by atoms with E-state index in [1.54, 1.807) is 18.6 Å². The Morgan fingerprint density at radius 3 is 2.47 bits per heavy atom. The number of nitrogens with zero attached hydrogens (tertiary/aromatic N) is 2. The van der Waals surface area contributed by atoms with Gasteiger partial charge in [-0.1, -0.05) is 29.8 Å². The molecule has 3 nitrogen and oxygen atoms in total. The lowest BCUT2D eigenvalue weighted by Gasteiger charge is -2.00. The standard InChI is InChI=1S/C16H14N2O/c1-11-3-5-13(6-4-11)15-10-18-16(19-15)14-9-17-8-7-12(14)2/h3-10H,1-2H3. The van der Waals surface area contributed by atoms with E-state index in [-0.39, 0.29) is 0 Å². The second-order valence-corrected chi connectivity index (χ2v) is 4.59. The van der Waals surface area contributed by atoms with Gasteiger partial charge in [-0.25, -0.2) is 4.98 Å². The number of rotatable bonds is 2. The summed E-state index contributed by atoms with van der Waals surface area (Å²) in [5.41, 5.74) is 4.30. The van der Waals surface area contributed by atoms with E-state index in [4.69, 9.17) is 4.42 Å². The molecule has 0 aliphatic rings. The highest BCUT2D eigenvalue weighted by Crippen LogP contribution is 2.27. The highest BCUT2D eigenvalue weighted by atomic mass is 16.4. The van der Waals surface area contributed by atoms with Gasteiger partial charge in [0.15, 0.2) is 5.76 Å². The van der Waals surface area contributed by atoms with Crippen LogP contribution < -0.4 is 0 Å². The Balaban J connectivity index is 2.00. The van der Waals surface area contributed by atoms with E-state index in [1.165, 1.54) is 5.56 Å². The number of hydrogen-bond acceptors (Lipinski definition) is 3. The molecule has 0 aliphatic carbocycles. The molecule has 0 amide bonds. The van der Waals surface area contributed by atoms with Crippen molar-refractivity contribution in [2.45, 2.75) is 13.8 Å². The van der Waals surface area contributed by atoms with Gasteiger partial charge in [0.1, 0.15) is 0 Å². The van der Waals surface area contributed by atoms with Crippen molar-refractivity contribution in [3.8, 4) is 22.8 Å². The molecule has 0 fully saturated rings. The third-order valence-electron chi connectivity index (χ3n) is 3.11. The van der Waals surface area contributed by atoms with Crippen LogP contribution in [0, 0.1) is 13.8 Å². The molecule has 0 spiro atoms. The van der Waals surface area contributed by atoms with Gasteiger partial charge >= 0.3 is 0 Å². The summed E-state index contributed by atoms with van der Waals surface area (Å²) in [6.45, 7) is 4.08. The Hall–Kier alpha value is -2.42. The van der Waals surface area contributed by atoms with Gasteiger partial charge in [-0.3, -0.25) is 4.98 Å². The number of oxazole rings is 1. The number of aryl methyl sites for hydroxylation is 2. The van der Waals surface area contributed by atoms with Crippen LogP contribution in [0.25, 0.3) is 22.8 Å². The maximum absolute atomic E-state index is 5.83. The normalized spacial score (nSPS) is 10.6. The Labute approximate surface area is 112 Å². The molecule has 0 aliphatic heterocycles. The van der Waals surface area contributed by atoms with E-state index < -0.39 is 0 Å². The second-order valence-electron chi connectivity index (χ2n) is 4.59. The van der Waals surface area contributed by atoms with Crippen molar-refractivity contribution in [3.05, 3.63) is 60.0 Å². The minimum atomic E-state index is 0.612. The van der Waals surface area contributed by atoms with Crippen molar-refractivity contribution < 1.29 is 4.42 Å². The average molecular weight is 250 g/mol. The molecule has 2 aromatic heterocycles. The van der Waals surface area contributed by atoms with Crippen LogP contribution in [0.3, 0.4) is 0 Å². The van der Waals surface area contributed by atoms with Crippen molar-refractivity contribution in [2.75, 3.05) is 0 Å². The topological polar surface area (TPSA) is 38.9 Å². The molecule has 0 unspecified atom stereocenters. The number of benzene rings is 1. The summed E-state index contributed by atoms with van der Waals surface area (Å²) in [6.07, 6.45) is 5.30. The van der Waals surface area contributed by atoms with Crippen molar-refractivity contribution >= 4 is 0 Å². The van der Waals surface area contributed by atoms with E-state index in [0.717, 1.165) is 22.5 Å². The lowest BCUT2D eigenvalue weighted by molar-refractivity contribution is 0.588. The largest absolute Gasteiger partial charge is 0.436 e. The van der Waals surface area contributed by atoms with Gasteiger partial charge in [0.05, 0.1) is 11.8 Å². The van der Waals surface area contributed by atoms with Crippen LogP contribution in [0.15, 0.2) is 53.3 Å². The lowest BCUT2D eigenvalue weighted by Crippen LogP contribution is -1.83. The van der Waals surface area contributed by atoms with Crippen LogP contribution in [-0.4, -0.2) is 9.97 Å². The van der Waals surface area contributed by atoms with Crippen LogP contribution in [0.1, 0.15) is 11.1 Å². The van der Waals surface area contributed by atoms with Gasteiger partial charge in [0, 0.05) is 18.0 Å². The highest BCUT2D eigenvalue weighted by Gasteiger charge is 2.10. The summed E-state index contributed by atoms with van der Waals surface area (Å²) in [5, 5.41) is 0. The highest BCUT2D eigenvalue weighted by molar-refractivity contribution is 5.62. The fourth-order valence-electron chi connectivity index (χ4n) is 1.94. The molecule has 3 rings (SSSR count). The van der Waals surface area contributed by atoms with E-state index in [2.05, 4.69) is 29.0 Å². The number of pyridine rings is 1. The van der Waals surface area contributed by atoms with Crippen LogP contribution in [0.2, 0.25) is 0 Å². The van der Waals surface area contributed by atoms with Crippen molar-refractivity contribution in [1.82, 2.24) is 9.97 Å². The van der Waals surface area contributed by atoms with E-state index in [1.807, 2.05) is 25.1 Å². The molecule has 0 saturated carbocycles. The molecule has 1 aromatic carbocycles. The smallest absolute Gasteiger partial charge is 0.228 e. The van der Waals surface area contributed by atoms with Gasteiger partial charge in [0.25, 0.3) is 0 Å². The van der Waals surface area contributed by atoms with Crippen molar-refractivity contribution in [1.29, 1.82) is 0 Å². The maximum atomic E-state index is 5.83. The van der Waals surface area contributed by atoms with Gasteiger partial charge in [-0.2, -0.15) is 0 Å². The fourth-order valence-corrected chi connectivity index (χ4v) is 1.94. The molecule has 0 radical (unpaired) electrons. The molecule has 2 heterocycles. The molecule has 0 bridgehead atoms. The monoisotopic (exact) mass is 250 g/mol. The molecule has 0 atom stereocenters. The van der Waals surface area contributed by atoms with E-state index >= 15 is 0 Å². The third kappa shape index (κ3) is 2.27. The van der Waals surface area contributed by atoms with Crippen LogP contribution >= 0.6 is 0 Å². The first kappa shape index (κ1) is 11.7. The Morgan fingerprint density at radius 2 is 1.74 bits per heavy atom. The molecule has 19 heavy (non-hydrogen) atoms. The van der Waals surface area contributed by atoms with Gasteiger partial charge < -0.3 is 4.42 Å². The molecule has 0 N–H and O–H groups in total. The zero-order chi connectivity index (χ0) is 13.2. The van der Waals surface area contributed by atoms with Crippen molar-refractivity contribution in [2.24, 2.45) is 0 Å². The van der Waals surface area contributed by atoms with Crippen LogP contribution in [0.5, 0.6) is 0 Å². The van der Waals surface area contributed by atoms with Crippen LogP contribution in [0.4, 0.5) is 0 Å². The minimum Gasteiger partial charge on any atom is -0.436 e. The number of aromatic nitrogens is 2. The summed E-state index contributed by atoms with van der Waals surface area (Å²) in [5.74, 6) is 1.39. The molecule has 3 heteroatoms. The zero-order valence-electron chi connectivity index (χ0n) is 10.9. The first-order valence-electron chi connectivity index (χ1n) is 6.18. The summed E-state index contributed by atoms with van der Waals surface area (Å²) in [4.78, 5) is 8.45. The number of hydrogen-bond donors (Lipinski definition) is 0. The summed E-state index contributed by atoms with van der Waals surface area (Å²) in [6, 6.07) is 10.1. The predicted octanol–water partition coefficient (Wildman–Crippen LogP) is 4.02. The SMILES string of the molecule is Cc1ccc(-c2cnc(-c3cnccc3C)o2)cc1. The molecule has 94 valence electrons. The van der Waals surface area contributed by atoms with Gasteiger partial charge in [-0.15, -0.1) is 0 Å².